The molecule has 2 heterocycles. The van der Waals surface area contributed by atoms with Crippen molar-refractivity contribution in [3.05, 3.63) is 65.9 Å². The van der Waals surface area contributed by atoms with Gasteiger partial charge in [-0.1, -0.05) is 18.2 Å². The molecule has 1 N–H and O–H groups in total. The number of rotatable bonds is 3. The molecule has 0 atom stereocenters. The second kappa shape index (κ2) is 5.94. The summed E-state index contributed by atoms with van der Waals surface area (Å²) in [5.41, 5.74) is 2.95. The van der Waals surface area contributed by atoms with E-state index in [2.05, 4.69) is 4.98 Å². The Balaban J connectivity index is 1.68. The van der Waals surface area contributed by atoms with Crippen molar-refractivity contribution < 1.29 is 14.3 Å². The second-order valence-corrected chi connectivity index (χ2v) is 5.87. The highest BCUT2D eigenvalue weighted by Gasteiger charge is 2.35. The Morgan fingerprint density at radius 3 is 2.60 bits per heavy atom. The van der Waals surface area contributed by atoms with E-state index in [1.54, 1.807) is 37.5 Å². The first kappa shape index (κ1) is 15.2. The van der Waals surface area contributed by atoms with Crippen LogP contribution in [0, 0.1) is 0 Å². The SMILES string of the molecule is COc1ccc(N2C(=O)C/C(=C/c3c[nH]c4ccccc34)C2=O)cc1. The number of hydrogen-bond acceptors (Lipinski definition) is 3. The maximum atomic E-state index is 12.7. The fraction of sp³-hybridized carbons (Fsp3) is 0.100. The highest BCUT2D eigenvalue weighted by atomic mass is 16.5. The third kappa shape index (κ3) is 2.59. The fourth-order valence-corrected chi connectivity index (χ4v) is 3.08. The molecule has 3 aromatic rings. The molecule has 1 fully saturated rings. The van der Waals surface area contributed by atoms with E-state index in [0.29, 0.717) is 17.0 Å². The van der Waals surface area contributed by atoms with Gasteiger partial charge >= 0.3 is 0 Å². The van der Waals surface area contributed by atoms with Crippen molar-refractivity contribution in [1.29, 1.82) is 0 Å². The Labute approximate surface area is 144 Å². The van der Waals surface area contributed by atoms with E-state index < -0.39 is 0 Å². The summed E-state index contributed by atoms with van der Waals surface area (Å²) in [7, 11) is 1.57. The third-order valence-corrected chi connectivity index (χ3v) is 4.35. The molecule has 5 heteroatoms. The van der Waals surface area contributed by atoms with Crippen LogP contribution >= 0.6 is 0 Å². The molecule has 5 nitrogen and oxygen atoms in total. The molecule has 0 unspecified atom stereocenters. The van der Waals surface area contributed by atoms with Gasteiger partial charge in [-0.2, -0.15) is 0 Å². The lowest BCUT2D eigenvalue weighted by molar-refractivity contribution is -0.120. The fourth-order valence-electron chi connectivity index (χ4n) is 3.08. The van der Waals surface area contributed by atoms with Crippen molar-refractivity contribution in [2.45, 2.75) is 6.42 Å². The molecular weight excluding hydrogens is 316 g/mol. The third-order valence-electron chi connectivity index (χ3n) is 4.35. The Morgan fingerprint density at radius 1 is 1.08 bits per heavy atom. The first-order valence-electron chi connectivity index (χ1n) is 7.95. The van der Waals surface area contributed by atoms with Gasteiger partial charge in [-0.15, -0.1) is 0 Å². The summed E-state index contributed by atoms with van der Waals surface area (Å²) in [5, 5.41) is 1.03. The predicted molar refractivity (Wildman–Crippen MR) is 96.4 cm³/mol. The average molecular weight is 332 g/mol. The van der Waals surface area contributed by atoms with Gasteiger partial charge < -0.3 is 9.72 Å². The van der Waals surface area contributed by atoms with Crippen molar-refractivity contribution in [1.82, 2.24) is 4.98 Å². The lowest BCUT2D eigenvalue weighted by Crippen LogP contribution is -2.28. The zero-order chi connectivity index (χ0) is 17.4. The van der Waals surface area contributed by atoms with E-state index in [4.69, 9.17) is 4.74 Å². The number of carbonyl (C=O) groups is 2. The summed E-state index contributed by atoms with van der Waals surface area (Å²) in [5.74, 6) is 0.180. The van der Waals surface area contributed by atoms with E-state index in [0.717, 1.165) is 16.5 Å². The molecule has 0 spiro atoms. The van der Waals surface area contributed by atoms with Gasteiger partial charge in [0.05, 0.1) is 19.2 Å². The summed E-state index contributed by atoms with van der Waals surface area (Å²) in [6.45, 7) is 0. The number of methoxy groups -OCH3 is 1. The number of H-pyrrole nitrogens is 1. The van der Waals surface area contributed by atoms with Crippen LogP contribution < -0.4 is 9.64 Å². The summed E-state index contributed by atoms with van der Waals surface area (Å²) in [6, 6.07) is 14.7. The minimum atomic E-state index is -0.277. The van der Waals surface area contributed by atoms with Crippen LogP contribution in [0.15, 0.2) is 60.3 Å². The van der Waals surface area contributed by atoms with Gasteiger partial charge in [0.25, 0.3) is 5.91 Å². The van der Waals surface area contributed by atoms with E-state index in [-0.39, 0.29) is 18.2 Å². The first-order valence-corrected chi connectivity index (χ1v) is 7.95. The number of aromatic amines is 1. The topological polar surface area (TPSA) is 62.4 Å². The minimum absolute atomic E-state index is 0.102. The second-order valence-electron chi connectivity index (χ2n) is 5.87. The van der Waals surface area contributed by atoms with Crippen LogP contribution in [0.2, 0.25) is 0 Å². The standard InChI is InChI=1S/C20H16N2O3/c1-25-16-8-6-15(7-9-16)22-19(23)11-13(20(22)24)10-14-12-21-18-5-3-2-4-17(14)18/h2-10,12,21H,11H2,1H3/b13-10-. The molecule has 0 aliphatic carbocycles. The molecule has 4 rings (SSSR count). The van der Waals surface area contributed by atoms with Crippen LogP contribution in [0.1, 0.15) is 12.0 Å². The van der Waals surface area contributed by atoms with Crippen molar-refractivity contribution >= 4 is 34.5 Å². The summed E-state index contributed by atoms with van der Waals surface area (Å²) >= 11 is 0. The molecular formula is C20H16N2O3. The molecule has 0 radical (unpaired) electrons. The number of nitrogens with zero attached hydrogens (tertiary/aromatic N) is 1. The molecule has 2 aromatic carbocycles. The van der Waals surface area contributed by atoms with Crippen molar-refractivity contribution in [3.63, 3.8) is 0 Å². The first-order chi connectivity index (χ1) is 12.2. The number of benzene rings is 2. The number of anilines is 1. The maximum absolute atomic E-state index is 12.7. The molecule has 1 aromatic heterocycles. The largest absolute Gasteiger partial charge is 0.497 e. The molecule has 124 valence electrons. The van der Waals surface area contributed by atoms with Crippen LogP contribution in [0.25, 0.3) is 17.0 Å². The Morgan fingerprint density at radius 2 is 1.84 bits per heavy atom. The Bertz CT molecular complexity index is 999. The number of aromatic nitrogens is 1. The van der Waals surface area contributed by atoms with Crippen LogP contribution in [-0.4, -0.2) is 23.9 Å². The summed E-state index contributed by atoms with van der Waals surface area (Å²) < 4.78 is 5.11. The van der Waals surface area contributed by atoms with Crippen molar-refractivity contribution in [3.8, 4) is 5.75 Å². The molecule has 25 heavy (non-hydrogen) atoms. The highest BCUT2D eigenvalue weighted by Crippen LogP contribution is 2.30. The molecule has 1 aliphatic heterocycles. The van der Waals surface area contributed by atoms with Crippen molar-refractivity contribution in [2.24, 2.45) is 0 Å². The number of fused-ring (bicyclic) bond motifs is 1. The zero-order valence-electron chi connectivity index (χ0n) is 13.7. The van der Waals surface area contributed by atoms with Crippen LogP contribution in [0.3, 0.4) is 0 Å². The van der Waals surface area contributed by atoms with Crippen LogP contribution in [0.5, 0.6) is 5.75 Å². The van der Waals surface area contributed by atoms with Crippen LogP contribution in [0.4, 0.5) is 5.69 Å². The average Bonchev–Trinajstić information content (AvgIpc) is 3.17. The number of ether oxygens (including phenoxy) is 1. The monoisotopic (exact) mass is 332 g/mol. The number of carbonyl (C=O) groups excluding carboxylic acids is 2. The van der Waals surface area contributed by atoms with E-state index in [1.165, 1.54) is 4.90 Å². The highest BCUT2D eigenvalue weighted by molar-refractivity contribution is 6.29. The van der Waals surface area contributed by atoms with E-state index in [9.17, 15) is 9.59 Å². The van der Waals surface area contributed by atoms with Gasteiger partial charge in [-0.25, -0.2) is 4.90 Å². The van der Waals surface area contributed by atoms with Gasteiger partial charge in [-0.3, -0.25) is 9.59 Å². The van der Waals surface area contributed by atoms with Crippen molar-refractivity contribution in [2.75, 3.05) is 12.0 Å². The minimum Gasteiger partial charge on any atom is -0.497 e. The zero-order valence-corrected chi connectivity index (χ0v) is 13.7. The van der Waals surface area contributed by atoms with Gasteiger partial charge in [-0.05, 0) is 36.4 Å². The molecule has 2 amide bonds. The molecule has 0 bridgehead atoms. The van der Waals surface area contributed by atoms with Crippen LogP contribution in [-0.2, 0) is 9.59 Å². The Kier molecular flexibility index (Phi) is 3.61. The number of amides is 2. The van der Waals surface area contributed by atoms with E-state index in [1.807, 2.05) is 30.5 Å². The molecule has 0 saturated carbocycles. The maximum Gasteiger partial charge on any atom is 0.261 e. The quantitative estimate of drug-likeness (QED) is 0.589. The summed E-state index contributed by atoms with van der Waals surface area (Å²) in [4.78, 5) is 29.5. The number of imide groups is 1. The molecule has 1 aliphatic rings. The lowest BCUT2D eigenvalue weighted by Gasteiger charge is -2.13. The van der Waals surface area contributed by atoms with Gasteiger partial charge in [0.1, 0.15) is 5.75 Å². The Hall–Kier alpha value is -3.34. The number of hydrogen-bond donors (Lipinski definition) is 1. The van der Waals surface area contributed by atoms with Gasteiger partial charge in [0.15, 0.2) is 0 Å². The number of para-hydroxylation sites is 1. The molecule has 1 saturated heterocycles. The number of nitrogens with one attached hydrogen (secondary N) is 1. The smallest absolute Gasteiger partial charge is 0.261 e. The lowest BCUT2D eigenvalue weighted by atomic mass is 10.1. The van der Waals surface area contributed by atoms with Gasteiger partial charge in [0, 0.05) is 28.2 Å². The van der Waals surface area contributed by atoms with Gasteiger partial charge in [0.2, 0.25) is 5.91 Å². The predicted octanol–water partition coefficient (Wildman–Crippen LogP) is 3.52. The normalized spacial score (nSPS) is 16.2. The van der Waals surface area contributed by atoms with E-state index >= 15 is 0 Å². The summed E-state index contributed by atoms with van der Waals surface area (Å²) in [6.07, 6.45) is 3.75.